The summed E-state index contributed by atoms with van der Waals surface area (Å²) < 4.78 is 0. The molecular formula is C20H24N4O4. The van der Waals surface area contributed by atoms with E-state index in [2.05, 4.69) is 4.98 Å². The van der Waals surface area contributed by atoms with Crippen molar-refractivity contribution in [3.05, 3.63) is 59.8 Å². The number of fused-ring (bicyclic) bond motifs is 1. The van der Waals surface area contributed by atoms with Gasteiger partial charge in [0, 0.05) is 34.8 Å². The number of carbonyl (C=O) groups excluding carboxylic acids is 1. The van der Waals surface area contributed by atoms with Crippen molar-refractivity contribution in [1.29, 1.82) is 0 Å². The van der Waals surface area contributed by atoms with Crippen LogP contribution in [0.15, 0.2) is 48.7 Å². The SMILES string of the molecule is NCCc1c[nH]c2ccc(O)cc12.Nc1ccccc1C(=O)CC(N)C(=O)O. The lowest BCUT2D eigenvalue weighted by molar-refractivity contribution is -0.138. The minimum atomic E-state index is -1.20. The number of phenolic OH excluding ortho intramolecular Hbond substituents is 1. The number of aromatic hydroxyl groups is 1. The average Bonchev–Trinajstić information content (AvgIpc) is 3.05. The number of H-pyrrole nitrogens is 1. The van der Waals surface area contributed by atoms with Crippen molar-refractivity contribution in [2.24, 2.45) is 11.5 Å². The second kappa shape index (κ2) is 9.54. The number of para-hydroxylation sites is 1. The zero-order valence-corrected chi connectivity index (χ0v) is 15.3. The number of aromatic nitrogens is 1. The number of carboxylic acids is 1. The molecule has 1 heterocycles. The van der Waals surface area contributed by atoms with E-state index < -0.39 is 12.0 Å². The quantitative estimate of drug-likeness (QED) is 0.277. The van der Waals surface area contributed by atoms with Crippen molar-refractivity contribution in [1.82, 2.24) is 4.98 Å². The Balaban J connectivity index is 0.000000202. The lowest BCUT2D eigenvalue weighted by Gasteiger charge is -2.07. The number of aromatic amines is 1. The number of rotatable bonds is 6. The van der Waals surface area contributed by atoms with Crippen LogP contribution in [-0.4, -0.2) is 39.5 Å². The predicted octanol–water partition coefficient (Wildman–Crippen LogP) is 1.63. The van der Waals surface area contributed by atoms with Crippen molar-refractivity contribution in [2.75, 3.05) is 12.3 Å². The molecule has 28 heavy (non-hydrogen) atoms. The molecule has 9 N–H and O–H groups in total. The van der Waals surface area contributed by atoms with Gasteiger partial charge in [0.2, 0.25) is 0 Å². The van der Waals surface area contributed by atoms with Crippen molar-refractivity contribution in [3.8, 4) is 5.75 Å². The van der Waals surface area contributed by atoms with Crippen molar-refractivity contribution >= 4 is 28.3 Å². The molecule has 8 heteroatoms. The Morgan fingerprint density at radius 2 is 1.86 bits per heavy atom. The molecule has 0 fully saturated rings. The van der Waals surface area contributed by atoms with Gasteiger partial charge in [-0.2, -0.15) is 0 Å². The Morgan fingerprint density at radius 3 is 2.50 bits per heavy atom. The summed E-state index contributed by atoms with van der Waals surface area (Å²) in [6.07, 6.45) is 2.53. The van der Waals surface area contributed by atoms with Gasteiger partial charge < -0.3 is 32.4 Å². The number of nitrogen functional groups attached to an aromatic ring is 1. The molecule has 0 saturated heterocycles. The van der Waals surface area contributed by atoms with Crippen LogP contribution in [0.2, 0.25) is 0 Å². The van der Waals surface area contributed by atoms with Crippen LogP contribution in [0.5, 0.6) is 5.75 Å². The number of aliphatic carboxylic acids is 1. The molecular weight excluding hydrogens is 360 g/mol. The number of phenols is 1. The third kappa shape index (κ3) is 5.32. The van der Waals surface area contributed by atoms with Crippen LogP contribution < -0.4 is 17.2 Å². The molecule has 0 radical (unpaired) electrons. The van der Waals surface area contributed by atoms with E-state index in [1.807, 2.05) is 12.3 Å². The first-order valence-corrected chi connectivity index (χ1v) is 8.68. The summed E-state index contributed by atoms with van der Waals surface area (Å²) in [6, 6.07) is 10.6. The lowest BCUT2D eigenvalue weighted by Crippen LogP contribution is -2.32. The molecule has 3 aromatic rings. The molecule has 0 aliphatic carbocycles. The first-order valence-electron chi connectivity index (χ1n) is 8.68. The summed E-state index contributed by atoms with van der Waals surface area (Å²) in [6.45, 7) is 0.628. The number of anilines is 1. The van der Waals surface area contributed by atoms with Gasteiger partial charge in [-0.3, -0.25) is 9.59 Å². The zero-order valence-electron chi connectivity index (χ0n) is 15.3. The number of nitrogens with one attached hydrogen (secondary N) is 1. The summed E-state index contributed by atoms with van der Waals surface area (Å²) in [5, 5.41) is 18.9. The van der Waals surface area contributed by atoms with Gasteiger partial charge in [-0.05, 0) is 48.9 Å². The summed E-state index contributed by atoms with van der Waals surface area (Å²) in [5.41, 5.74) is 19.1. The van der Waals surface area contributed by atoms with E-state index in [0.717, 1.165) is 22.9 Å². The molecule has 3 rings (SSSR count). The van der Waals surface area contributed by atoms with Gasteiger partial charge in [-0.1, -0.05) is 12.1 Å². The largest absolute Gasteiger partial charge is 0.508 e. The molecule has 1 aromatic heterocycles. The highest BCUT2D eigenvalue weighted by atomic mass is 16.4. The maximum Gasteiger partial charge on any atom is 0.320 e. The van der Waals surface area contributed by atoms with E-state index in [-0.39, 0.29) is 12.2 Å². The van der Waals surface area contributed by atoms with Gasteiger partial charge in [-0.25, -0.2) is 0 Å². The molecule has 2 aromatic carbocycles. The Bertz CT molecular complexity index is 968. The molecule has 1 unspecified atom stereocenters. The maximum absolute atomic E-state index is 11.6. The number of hydrogen-bond donors (Lipinski definition) is 6. The molecule has 0 saturated carbocycles. The smallest absolute Gasteiger partial charge is 0.320 e. The highest BCUT2D eigenvalue weighted by Crippen LogP contribution is 2.22. The van der Waals surface area contributed by atoms with E-state index >= 15 is 0 Å². The number of carbonyl (C=O) groups is 2. The fraction of sp³-hybridized carbons (Fsp3) is 0.200. The normalized spacial score (nSPS) is 11.5. The minimum Gasteiger partial charge on any atom is -0.508 e. The van der Waals surface area contributed by atoms with Crippen molar-refractivity contribution < 1.29 is 19.8 Å². The van der Waals surface area contributed by atoms with Crippen molar-refractivity contribution in [2.45, 2.75) is 18.9 Å². The van der Waals surface area contributed by atoms with E-state index in [9.17, 15) is 14.7 Å². The summed E-state index contributed by atoms with van der Waals surface area (Å²) in [7, 11) is 0. The number of Topliss-reactive ketones (excluding diaryl/α,β-unsaturated/α-hetero) is 1. The van der Waals surface area contributed by atoms with Crippen LogP contribution in [0.25, 0.3) is 10.9 Å². The number of benzene rings is 2. The molecule has 0 bridgehead atoms. The fourth-order valence-corrected chi connectivity index (χ4v) is 2.68. The van der Waals surface area contributed by atoms with E-state index in [1.165, 1.54) is 0 Å². The highest BCUT2D eigenvalue weighted by Gasteiger charge is 2.18. The molecule has 0 amide bonds. The first kappa shape index (κ1) is 20.9. The standard InChI is InChI=1S/C10H12N2O3.C10H12N2O/c11-7-4-2-1-3-6(7)9(13)5-8(12)10(14)15;11-4-3-7-6-12-10-2-1-8(13)5-9(7)10/h1-4,8H,5,11-12H2,(H,14,15);1-2,5-6,12-13H,3-4,11H2. The molecule has 0 aliphatic rings. The Kier molecular flexibility index (Phi) is 7.14. The predicted molar refractivity (Wildman–Crippen MR) is 108 cm³/mol. The summed E-state index contributed by atoms with van der Waals surface area (Å²) in [4.78, 5) is 25.1. The van der Waals surface area contributed by atoms with E-state index in [0.29, 0.717) is 23.5 Å². The number of carboxylic acid groups (broad SMARTS) is 1. The third-order valence-electron chi connectivity index (χ3n) is 4.15. The van der Waals surface area contributed by atoms with Crippen molar-refractivity contribution in [3.63, 3.8) is 0 Å². The van der Waals surface area contributed by atoms with Gasteiger partial charge in [0.25, 0.3) is 0 Å². The van der Waals surface area contributed by atoms with E-state index in [1.54, 1.807) is 36.4 Å². The Morgan fingerprint density at radius 1 is 1.14 bits per heavy atom. The summed E-state index contributed by atoms with van der Waals surface area (Å²) >= 11 is 0. The van der Waals surface area contributed by atoms with Gasteiger partial charge in [-0.15, -0.1) is 0 Å². The van der Waals surface area contributed by atoms with Crippen LogP contribution in [-0.2, 0) is 11.2 Å². The van der Waals surface area contributed by atoms with Crippen LogP contribution in [0.4, 0.5) is 5.69 Å². The lowest BCUT2D eigenvalue weighted by atomic mass is 10.0. The average molecular weight is 384 g/mol. The first-order chi connectivity index (χ1) is 13.3. The minimum absolute atomic E-state index is 0.246. The second-order valence-electron chi connectivity index (χ2n) is 6.24. The van der Waals surface area contributed by atoms with Crippen LogP contribution in [0.1, 0.15) is 22.3 Å². The van der Waals surface area contributed by atoms with Gasteiger partial charge in [0.05, 0.1) is 0 Å². The maximum atomic E-state index is 11.6. The monoisotopic (exact) mass is 384 g/mol. The van der Waals surface area contributed by atoms with Gasteiger partial charge >= 0.3 is 5.97 Å². The molecule has 1 atom stereocenters. The molecule has 148 valence electrons. The number of nitrogens with two attached hydrogens (primary N) is 3. The molecule has 0 aliphatic heterocycles. The topological polar surface area (TPSA) is 168 Å². The number of ketones is 1. The van der Waals surface area contributed by atoms with Gasteiger partial charge in [0.1, 0.15) is 11.8 Å². The van der Waals surface area contributed by atoms with E-state index in [4.69, 9.17) is 22.3 Å². The second-order valence-corrected chi connectivity index (χ2v) is 6.24. The summed E-state index contributed by atoms with van der Waals surface area (Å²) in [5.74, 6) is -1.26. The van der Waals surface area contributed by atoms with Gasteiger partial charge in [0.15, 0.2) is 5.78 Å². The molecule has 8 nitrogen and oxygen atoms in total. The van der Waals surface area contributed by atoms with Crippen LogP contribution in [0.3, 0.4) is 0 Å². The zero-order chi connectivity index (χ0) is 20.7. The number of hydrogen-bond acceptors (Lipinski definition) is 6. The third-order valence-corrected chi connectivity index (χ3v) is 4.15. The Hall–Kier alpha value is -3.36. The fourth-order valence-electron chi connectivity index (χ4n) is 2.68. The van der Waals surface area contributed by atoms with Crippen LogP contribution >= 0.6 is 0 Å². The molecule has 0 spiro atoms. The Labute approximate surface area is 162 Å². The van der Waals surface area contributed by atoms with Crippen LogP contribution in [0, 0.1) is 0 Å². The highest BCUT2D eigenvalue weighted by molar-refractivity contribution is 6.02.